The van der Waals surface area contributed by atoms with Gasteiger partial charge < -0.3 is 4.74 Å². The molecule has 0 aromatic carbocycles. The predicted molar refractivity (Wildman–Crippen MR) is 57.0 cm³/mol. The van der Waals surface area contributed by atoms with Gasteiger partial charge in [-0.2, -0.15) is 0 Å². The SMILES string of the molecule is CCOC(=O)C1CCCCCC1CC. The van der Waals surface area contributed by atoms with E-state index in [1.54, 1.807) is 0 Å². The van der Waals surface area contributed by atoms with E-state index in [2.05, 4.69) is 6.92 Å². The third-order valence-electron chi connectivity index (χ3n) is 3.27. The van der Waals surface area contributed by atoms with Crippen molar-refractivity contribution in [1.82, 2.24) is 0 Å². The van der Waals surface area contributed by atoms with E-state index in [-0.39, 0.29) is 11.9 Å². The van der Waals surface area contributed by atoms with Crippen LogP contribution in [-0.4, -0.2) is 12.6 Å². The van der Waals surface area contributed by atoms with Crippen LogP contribution in [0.4, 0.5) is 0 Å². The average Bonchev–Trinajstić information content (AvgIpc) is 2.42. The van der Waals surface area contributed by atoms with Gasteiger partial charge in [-0.15, -0.1) is 0 Å². The van der Waals surface area contributed by atoms with Gasteiger partial charge in [0.2, 0.25) is 0 Å². The highest BCUT2D eigenvalue weighted by molar-refractivity contribution is 5.72. The number of carbonyl (C=O) groups is 1. The molecule has 1 fully saturated rings. The maximum Gasteiger partial charge on any atom is 0.309 e. The Morgan fingerprint density at radius 3 is 2.57 bits per heavy atom. The lowest BCUT2D eigenvalue weighted by molar-refractivity contribution is -0.150. The fourth-order valence-electron chi connectivity index (χ4n) is 2.43. The number of rotatable bonds is 3. The summed E-state index contributed by atoms with van der Waals surface area (Å²) in [7, 11) is 0. The minimum Gasteiger partial charge on any atom is -0.466 e. The molecule has 0 aromatic rings. The second kappa shape index (κ2) is 6.05. The van der Waals surface area contributed by atoms with Crippen LogP contribution >= 0.6 is 0 Å². The smallest absolute Gasteiger partial charge is 0.309 e. The molecule has 0 spiro atoms. The second-order valence-electron chi connectivity index (χ2n) is 4.16. The normalized spacial score (nSPS) is 28.1. The van der Waals surface area contributed by atoms with E-state index in [0.717, 1.165) is 12.8 Å². The molecule has 2 atom stereocenters. The van der Waals surface area contributed by atoms with Gasteiger partial charge in [-0.1, -0.05) is 32.6 Å². The Balaban J connectivity index is 2.55. The monoisotopic (exact) mass is 198 g/mol. The van der Waals surface area contributed by atoms with Gasteiger partial charge in [0.1, 0.15) is 0 Å². The summed E-state index contributed by atoms with van der Waals surface area (Å²) in [5.41, 5.74) is 0. The van der Waals surface area contributed by atoms with Gasteiger partial charge in [0.15, 0.2) is 0 Å². The molecule has 0 heterocycles. The van der Waals surface area contributed by atoms with E-state index < -0.39 is 0 Å². The Labute approximate surface area is 87.0 Å². The van der Waals surface area contributed by atoms with Crippen molar-refractivity contribution in [2.75, 3.05) is 6.61 Å². The van der Waals surface area contributed by atoms with Crippen LogP contribution in [0.2, 0.25) is 0 Å². The Morgan fingerprint density at radius 1 is 1.21 bits per heavy atom. The lowest BCUT2D eigenvalue weighted by Crippen LogP contribution is -2.24. The van der Waals surface area contributed by atoms with E-state index in [1.807, 2.05) is 6.92 Å². The summed E-state index contributed by atoms with van der Waals surface area (Å²) >= 11 is 0. The molecule has 0 aromatic heterocycles. The zero-order chi connectivity index (χ0) is 10.4. The summed E-state index contributed by atoms with van der Waals surface area (Å²) < 4.78 is 5.13. The summed E-state index contributed by atoms with van der Waals surface area (Å²) in [5.74, 6) is 0.792. The van der Waals surface area contributed by atoms with E-state index in [9.17, 15) is 4.79 Å². The van der Waals surface area contributed by atoms with Gasteiger partial charge in [0, 0.05) is 0 Å². The largest absolute Gasteiger partial charge is 0.466 e. The first-order valence-corrected chi connectivity index (χ1v) is 5.96. The number of carbonyl (C=O) groups excluding carboxylic acids is 1. The Kier molecular flexibility index (Phi) is 4.99. The molecular weight excluding hydrogens is 176 g/mol. The molecule has 0 aliphatic heterocycles. The van der Waals surface area contributed by atoms with Crippen LogP contribution in [0.5, 0.6) is 0 Å². The van der Waals surface area contributed by atoms with Gasteiger partial charge in [0.05, 0.1) is 12.5 Å². The van der Waals surface area contributed by atoms with Crippen molar-refractivity contribution in [2.24, 2.45) is 11.8 Å². The fourth-order valence-corrected chi connectivity index (χ4v) is 2.43. The minimum atomic E-state index is 0.0428. The minimum absolute atomic E-state index is 0.0428. The third kappa shape index (κ3) is 3.00. The van der Waals surface area contributed by atoms with Crippen LogP contribution < -0.4 is 0 Å². The zero-order valence-electron chi connectivity index (χ0n) is 9.42. The third-order valence-corrected chi connectivity index (χ3v) is 3.27. The van der Waals surface area contributed by atoms with Crippen molar-refractivity contribution in [2.45, 2.75) is 52.4 Å². The topological polar surface area (TPSA) is 26.3 Å². The van der Waals surface area contributed by atoms with Crippen LogP contribution in [-0.2, 0) is 9.53 Å². The van der Waals surface area contributed by atoms with E-state index in [1.165, 1.54) is 25.7 Å². The van der Waals surface area contributed by atoms with Crippen LogP contribution in [0.15, 0.2) is 0 Å². The quantitative estimate of drug-likeness (QED) is 0.514. The maximum atomic E-state index is 11.7. The first-order chi connectivity index (χ1) is 6.79. The summed E-state index contributed by atoms with van der Waals surface area (Å²) in [6, 6.07) is 0. The molecule has 0 saturated heterocycles. The Morgan fingerprint density at radius 2 is 1.93 bits per heavy atom. The van der Waals surface area contributed by atoms with Crippen molar-refractivity contribution in [3.05, 3.63) is 0 Å². The highest BCUT2D eigenvalue weighted by atomic mass is 16.5. The highest BCUT2D eigenvalue weighted by Gasteiger charge is 2.29. The van der Waals surface area contributed by atoms with Gasteiger partial charge in [-0.3, -0.25) is 4.79 Å². The molecule has 1 saturated carbocycles. The Bertz CT molecular complexity index is 177. The molecule has 2 nitrogen and oxygen atoms in total. The van der Waals surface area contributed by atoms with Crippen molar-refractivity contribution >= 4 is 5.97 Å². The number of hydrogen-bond donors (Lipinski definition) is 0. The lowest BCUT2D eigenvalue weighted by Gasteiger charge is -2.21. The van der Waals surface area contributed by atoms with Crippen LogP contribution in [0, 0.1) is 11.8 Å². The molecule has 14 heavy (non-hydrogen) atoms. The summed E-state index contributed by atoms with van der Waals surface area (Å²) in [4.78, 5) is 11.7. The number of hydrogen-bond acceptors (Lipinski definition) is 2. The maximum absolute atomic E-state index is 11.7. The van der Waals surface area contributed by atoms with Crippen LogP contribution in [0.3, 0.4) is 0 Å². The lowest BCUT2D eigenvalue weighted by atomic mass is 9.86. The predicted octanol–water partition coefficient (Wildman–Crippen LogP) is 3.16. The molecule has 1 rings (SSSR count). The average molecular weight is 198 g/mol. The summed E-state index contributed by atoms with van der Waals surface area (Å²) in [6.45, 7) is 4.59. The van der Waals surface area contributed by atoms with Gasteiger partial charge in [-0.25, -0.2) is 0 Å². The first-order valence-electron chi connectivity index (χ1n) is 5.96. The van der Waals surface area contributed by atoms with Crippen molar-refractivity contribution < 1.29 is 9.53 Å². The molecule has 0 bridgehead atoms. The molecule has 0 amide bonds. The van der Waals surface area contributed by atoms with Crippen LogP contribution in [0.1, 0.15) is 52.4 Å². The fraction of sp³-hybridized carbons (Fsp3) is 0.917. The van der Waals surface area contributed by atoms with E-state index in [4.69, 9.17) is 4.74 Å². The molecule has 1 aliphatic carbocycles. The van der Waals surface area contributed by atoms with E-state index >= 15 is 0 Å². The van der Waals surface area contributed by atoms with Crippen molar-refractivity contribution in [3.8, 4) is 0 Å². The van der Waals surface area contributed by atoms with Crippen LogP contribution in [0.25, 0.3) is 0 Å². The van der Waals surface area contributed by atoms with Gasteiger partial charge in [-0.05, 0) is 25.7 Å². The van der Waals surface area contributed by atoms with Crippen molar-refractivity contribution in [3.63, 3.8) is 0 Å². The molecular formula is C12H22O2. The first kappa shape index (κ1) is 11.5. The molecule has 2 heteroatoms. The number of esters is 1. The molecule has 0 N–H and O–H groups in total. The second-order valence-corrected chi connectivity index (χ2v) is 4.16. The van der Waals surface area contributed by atoms with Crippen molar-refractivity contribution in [1.29, 1.82) is 0 Å². The van der Waals surface area contributed by atoms with Gasteiger partial charge in [0.25, 0.3) is 0 Å². The van der Waals surface area contributed by atoms with E-state index in [0.29, 0.717) is 12.5 Å². The highest BCUT2D eigenvalue weighted by Crippen LogP contribution is 2.31. The molecule has 82 valence electrons. The summed E-state index contributed by atoms with van der Waals surface area (Å²) in [5, 5.41) is 0. The summed E-state index contributed by atoms with van der Waals surface area (Å²) in [6.07, 6.45) is 7.13. The molecule has 2 unspecified atom stereocenters. The standard InChI is InChI=1S/C12H22O2/c1-3-10-8-6-5-7-9-11(10)12(13)14-4-2/h10-11H,3-9H2,1-2H3. The molecule has 0 radical (unpaired) electrons. The van der Waals surface area contributed by atoms with Gasteiger partial charge >= 0.3 is 5.97 Å². The zero-order valence-corrected chi connectivity index (χ0v) is 9.42. The Hall–Kier alpha value is -0.530. The number of ether oxygens (including phenoxy) is 1. The molecule has 1 aliphatic rings.